The van der Waals surface area contributed by atoms with E-state index in [1.165, 1.54) is 24.2 Å². The molecule has 0 aromatic heterocycles. The van der Waals surface area contributed by atoms with Crippen LogP contribution in [0.1, 0.15) is 37.8 Å². The molecule has 0 aliphatic rings. The number of hydrogen-bond donors (Lipinski definition) is 1. The lowest BCUT2D eigenvalue weighted by Gasteiger charge is -2.18. The van der Waals surface area contributed by atoms with Gasteiger partial charge in [-0.15, -0.1) is 0 Å². The van der Waals surface area contributed by atoms with Crippen LogP contribution in [0.3, 0.4) is 0 Å². The van der Waals surface area contributed by atoms with E-state index in [0.29, 0.717) is 16.1 Å². The van der Waals surface area contributed by atoms with E-state index in [0.717, 1.165) is 13.0 Å². The highest BCUT2D eigenvalue weighted by atomic mass is 35.5. The maximum Gasteiger partial charge on any atom is 0.0595 e. The Kier molecular flexibility index (Phi) is 8.16. The summed E-state index contributed by atoms with van der Waals surface area (Å²) in [6.07, 6.45) is 5.70. The van der Waals surface area contributed by atoms with Crippen molar-refractivity contribution in [1.29, 1.82) is 0 Å². The predicted octanol–water partition coefficient (Wildman–Crippen LogP) is 5.18. The summed E-state index contributed by atoms with van der Waals surface area (Å²) in [5.41, 5.74) is 1.22. The van der Waals surface area contributed by atoms with E-state index in [4.69, 9.17) is 23.2 Å². The third kappa shape index (κ3) is 5.40. The first-order valence-electron chi connectivity index (χ1n) is 6.36. The van der Waals surface area contributed by atoms with Crippen molar-refractivity contribution in [3.63, 3.8) is 0 Å². The molecule has 1 N–H and O–H groups in total. The first kappa shape index (κ1) is 16.2. The maximum atomic E-state index is 6.05. The Hall–Kier alpha value is 0.110. The average Bonchev–Trinajstić information content (AvgIpc) is 2.37. The number of halogens is 2. The Morgan fingerprint density at radius 1 is 1.22 bits per heavy atom. The fourth-order valence-electron chi connectivity index (χ4n) is 1.87. The lowest BCUT2D eigenvalue weighted by atomic mass is 10.0. The number of unbranched alkanes of at least 4 members (excludes halogenated alkanes) is 1. The molecule has 0 bridgehead atoms. The zero-order chi connectivity index (χ0) is 13.4. The van der Waals surface area contributed by atoms with Gasteiger partial charge in [0.2, 0.25) is 0 Å². The molecule has 0 saturated heterocycles. The minimum absolute atomic E-state index is 0.369. The van der Waals surface area contributed by atoms with E-state index >= 15 is 0 Å². The van der Waals surface area contributed by atoms with Gasteiger partial charge < -0.3 is 5.32 Å². The van der Waals surface area contributed by atoms with Gasteiger partial charge >= 0.3 is 0 Å². The van der Waals surface area contributed by atoms with Crippen molar-refractivity contribution in [1.82, 2.24) is 5.32 Å². The Morgan fingerprint density at radius 3 is 2.61 bits per heavy atom. The highest BCUT2D eigenvalue weighted by Gasteiger charge is 2.09. The summed E-state index contributed by atoms with van der Waals surface area (Å²) in [7, 11) is 0. The van der Waals surface area contributed by atoms with Gasteiger partial charge in [-0.3, -0.25) is 0 Å². The fourth-order valence-corrected chi connectivity index (χ4v) is 2.67. The number of thioether (sulfide) groups is 1. The van der Waals surface area contributed by atoms with Gasteiger partial charge in [0.05, 0.1) is 10.0 Å². The van der Waals surface area contributed by atoms with Gasteiger partial charge in [0.25, 0.3) is 0 Å². The second kappa shape index (κ2) is 9.08. The lowest BCUT2D eigenvalue weighted by Crippen LogP contribution is -2.22. The molecule has 1 unspecified atom stereocenters. The molecule has 0 radical (unpaired) electrons. The van der Waals surface area contributed by atoms with Crippen molar-refractivity contribution in [3.05, 3.63) is 33.8 Å². The average molecular weight is 306 g/mol. The van der Waals surface area contributed by atoms with Crippen LogP contribution in [-0.2, 0) is 0 Å². The molecule has 102 valence electrons. The monoisotopic (exact) mass is 305 g/mol. The molecule has 0 heterocycles. The Bertz CT molecular complexity index is 358. The number of rotatable bonds is 8. The largest absolute Gasteiger partial charge is 0.310 e. The van der Waals surface area contributed by atoms with E-state index in [9.17, 15) is 0 Å². The SMILES string of the molecule is CCC(NCCCCSC)c1ccc(Cl)c(Cl)c1. The van der Waals surface area contributed by atoms with E-state index in [-0.39, 0.29) is 0 Å². The molecule has 0 saturated carbocycles. The van der Waals surface area contributed by atoms with Gasteiger partial charge in [-0.25, -0.2) is 0 Å². The lowest BCUT2D eigenvalue weighted by molar-refractivity contribution is 0.509. The summed E-state index contributed by atoms with van der Waals surface area (Å²) < 4.78 is 0. The van der Waals surface area contributed by atoms with Crippen LogP contribution in [0.2, 0.25) is 10.0 Å². The van der Waals surface area contributed by atoms with Crippen LogP contribution in [0.5, 0.6) is 0 Å². The van der Waals surface area contributed by atoms with Crippen LogP contribution in [-0.4, -0.2) is 18.6 Å². The van der Waals surface area contributed by atoms with E-state index in [1.54, 1.807) is 0 Å². The molecule has 0 fully saturated rings. The third-order valence-corrected chi connectivity index (χ3v) is 4.36. The standard InChI is InChI=1S/C14H21Cl2NS/c1-3-14(17-8-4-5-9-18-2)11-6-7-12(15)13(16)10-11/h6-7,10,14,17H,3-5,8-9H2,1-2H3. The fraction of sp³-hybridized carbons (Fsp3) is 0.571. The number of nitrogens with one attached hydrogen (secondary N) is 1. The number of hydrogen-bond acceptors (Lipinski definition) is 2. The molecule has 1 nitrogen and oxygen atoms in total. The van der Waals surface area contributed by atoms with Crippen LogP contribution in [0.15, 0.2) is 18.2 Å². The quantitative estimate of drug-likeness (QED) is 0.664. The van der Waals surface area contributed by atoms with Gasteiger partial charge in [0, 0.05) is 6.04 Å². The molecular formula is C14H21Cl2NS. The number of benzene rings is 1. The van der Waals surface area contributed by atoms with E-state index in [1.807, 2.05) is 23.9 Å². The van der Waals surface area contributed by atoms with Crippen molar-refractivity contribution in [2.24, 2.45) is 0 Å². The molecular weight excluding hydrogens is 285 g/mol. The Labute approximate surface area is 125 Å². The third-order valence-electron chi connectivity index (χ3n) is 2.92. The summed E-state index contributed by atoms with van der Waals surface area (Å²) in [5.74, 6) is 1.24. The van der Waals surface area contributed by atoms with Crippen LogP contribution in [0.25, 0.3) is 0 Å². The van der Waals surface area contributed by atoms with Crippen LogP contribution < -0.4 is 5.32 Å². The molecule has 0 amide bonds. The smallest absolute Gasteiger partial charge is 0.0595 e. The minimum Gasteiger partial charge on any atom is -0.310 e. The topological polar surface area (TPSA) is 12.0 Å². The maximum absolute atomic E-state index is 6.05. The summed E-state index contributed by atoms with van der Waals surface area (Å²) in [4.78, 5) is 0. The van der Waals surface area contributed by atoms with Crippen molar-refractivity contribution in [3.8, 4) is 0 Å². The summed E-state index contributed by atoms with van der Waals surface area (Å²) >= 11 is 13.9. The summed E-state index contributed by atoms with van der Waals surface area (Å²) in [6.45, 7) is 3.24. The van der Waals surface area contributed by atoms with Crippen molar-refractivity contribution in [2.45, 2.75) is 32.2 Å². The van der Waals surface area contributed by atoms with Crippen molar-refractivity contribution >= 4 is 35.0 Å². The Balaban J connectivity index is 2.47. The van der Waals surface area contributed by atoms with Gasteiger partial charge in [-0.1, -0.05) is 36.2 Å². The zero-order valence-electron chi connectivity index (χ0n) is 11.0. The van der Waals surface area contributed by atoms with Gasteiger partial charge in [-0.2, -0.15) is 11.8 Å². The molecule has 1 aromatic rings. The molecule has 1 aromatic carbocycles. The summed E-state index contributed by atoms with van der Waals surface area (Å²) in [6, 6.07) is 6.26. The van der Waals surface area contributed by atoms with E-state index < -0.39 is 0 Å². The van der Waals surface area contributed by atoms with Crippen LogP contribution >= 0.6 is 35.0 Å². The van der Waals surface area contributed by atoms with Gasteiger partial charge in [0.1, 0.15) is 0 Å². The Morgan fingerprint density at radius 2 is 2.00 bits per heavy atom. The highest BCUT2D eigenvalue weighted by Crippen LogP contribution is 2.26. The van der Waals surface area contributed by atoms with Gasteiger partial charge in [-0.05, 0) is 55.5 Å². The van der Waals surface area contributed by atoms with Crippen molar-refractivity contribution in [2.75, 3.05) is 18.6 Å². The second-order valence-electron chi connectivity index (χ2n) is 4.29. The first-order chi connectivity index (χ1) is 8.69. The molecule has 0 aliphatic heterocycles. The molecule has 18 heavy (non-hydrogen) atoms. The minimum atomic E-state index is 0.369. The molecule has 0 spiro atoms. The normalized spacial score (nSPS) is 12.7. The zero-order valence-corrected chi connectivity index (χ0v) is 13.3. The van der Waals surface area contributed by atoms with Crippen LogP contribution in [0, 0.1) is 0 Å². The molecule has 1 rings (SSSR count). The summed E-state index contributed by atoms with van der Waals surface area (Å²) in [5, 5.41) is 4.84. The van der Waals surface area contributed by atoms with Crippen molar-refractivity contribution < 1.29 is 0 Å². The second-order valence-corrected chi connectivity index (χ2v) is 6.09. The highest BCUT2D eigenvalue weighted by molar-refractivity contribution is 7.98. The molecule has 4 heteroatoms. The molecule has 0 aliphatic carbocycles. The van der Waals surface area contributed by atoms with Gasteiger partial charge in [0.15, 0.2) is 0 Å². The van der Waals surface area contributed by atoms with Crippen LogP contribution in [0.4, 0.5) is 0 Å². The molecule has 1 atom stereocenters. The predicted molar refractivity (Wildman–Crippen MR) is 85.1 cm³/mol. The first-order valence-corrected chi connectivity index (χ1v) is 8.51. The van der Waals surface area contributed by atoms with E-state index in [2.05, 4.69) is 24.6 Å².